The summed E-state index contributed by atoms with van der Waals surface area (Å²) in [6, 6.07) is 10.8. The van der Waals surface area contributed by atoms with E-state index in [4.69, 9.17) is 9.47 Å². The van der Waals surface area contributed by atoms with Crippen LogP contribution in [0.2, 0.25) is 0 Å². The highest BCUT2D eigenvalue weighted by molar-refractivity contribution is 5.14. The van der Waals surface area contributed by atoms with Crippen molar-refractivity contribution in [2.24, 2.45) is 0 Å². The highest BCUT2D eigenvalue weighted by atomic mass is 16.5. The number of ether oxygens (including phenoxy) is 2. The van der Waals surface area contributed by atoms with E-state index in [1.807, 2.05) is 0 Å². The third-order valence-electron chi connectivity index (χ3n) is 9.62. The number of hydrogen-bond donors (Lipinski definition) is 0. The van der Waals surface area contributed by atoms with E-state index in [1.54, 1.807) is 0 Å². The Morgan fingerprint density at radius 2 is 0.980 bits per heavy atom. The molecule has 0 fully saturated rings. The van der Waals surface area contributed by atoms with Crippen molar-refractivity contribution in [3.8, 4) is 0 Å². The Hall–Kier alpha value is -1.94. The van der Waals surface area contributed by atoms with Gasteiger partial charge in [0.05, 0.1) is 12.7 Å². The molecule has 51 heavy (non-hydrogen) atoms. The third kappa shape index (κ3) is 34.9. The van der Waals surface area contributed by atoms with Crippen molar-refractivity contribution < 1.29 is 9.47 Å². The van der Waals surface area contributed by atoms with Gasteiger partial charge in [0.25, 0.3) is 0 Å². The first-order chi connectivity index (χ1) is 25.3. The fourth-order valence-electron chi connectivity index (χ4n) is 6.30. The summed E-state index contributed by atoms with van der Waals surface area (Å²) in [5.41, 5.74) is 1.37. The molecule has 1 aromatic carbocycles. The molecule has 3 nitrogen and oxygen atoms in total. The van der Waals surface area contributed by atoms with Gasteiger partial charge in [-0.05, 0) is 96.1 Å². The number of benzene rings is 1. The molecule has 0 N–H and O–H groups in total. The maximum absolute atomic E-state index is 6.42. The number of unbranched alkanes of at least 4 members (excludes halogenated alkanes) is 18. The van der Waals surface area contributed by atoms with E-state index in [0.29, 0.717) is 0 Å². The van der Waals surface area contributed by atoms with Crippen LogP contribution >= 0.6 is 0 Å². The first kappa shape index (κ1) is 47.1. The maximum atomic E-state index is 6.42. The second-order valence-electron chi connectivity index (χ2n) is 14.7. The van der Waals surface area contributed by atoms with Crippen molar-refractivity contribution in [2.45, 2.75) is 187 Å². The largest absolute Gasteiger partial charge is 0.379 e. The van der Waals surface area contributed by atoms with Gasteiger partial charge < -0.3 is 14.4 Å². The second-order valence-corrected chi connectivity index (χ2v) is 14.7. The van der Waals surface area contributed by atoms with Crippen LogP contribution in [0, 0.1) is 0 Å². The van der Waals surface area contributed by atoms with Crippen LogP contribution in [0.1, 0.15) is 180 Å². The van der Waals surface area contributed by atoms with Gasteiger partial charge in [-0.1, -0.05) is 170 Å². The first-order valence-electron chi connectivity index (χ1n) is 21.8. The molecular weight excluding hydrogens is 623 g/mol. The maximum Gasteiger partial charge on any atom is 0.0820 e. The molecule has 0 saturated carbocycles. The fraction of sp³-hybridized carbons (Fsp3) is 0.708. The zero-order valence-electron chi connectivity index (χ0n) is 34.1. The lowest BCUT2D eigenvalue weighted by molar-refractivity contribution is -0.0257. The van der Waals surface area contributed by atoms with Crippen molar-refractivity contribution >= 4 is 0 Å². The minimum atomic E-state index is 0.186. The zero-order valence-corrected chi connectivity index (χ0v) is 34.1. The molecule has 0 aliphatic heterocycles. The van der Waals surface area contributed by atoms with Gasteiger partial charge in [-0.2, -0.15) is 0 Å². The summed E-state index contributed by atoms with van der Waals surface area (Å²) < 4.78 is 12.6. The van der Waals surface area contributed by atoms with Crippen molar-refractivity contribution in [1.82, 2.24) is 4.90 Å². The summed E-state index contributed by atoms with van der Waals surface area (Å²) in [5.74, 6) is 0. The quantitative estimate of drug-likeness (QED) is 0.0505. The predicted molar refractivity (Wildman–Crippen MR) is 227 cm³/mol. The molecule has 1 rings (SSSR count). The van der Waals surface area contributed by atoms with Gasteiger partial charge in [-0.15, -0.1) is 0 Å². The summed E-state index contributed by atoms with van der Waals surface area (Å²) in [6.07, 6.45) is 50.6. The molecule has 1 unspecified atom stereocenters. The average molecular weight is 706 g/mol. The molecule has 0 bridgehead atoms. The highest BCUT2D eigenvalue weighted by Gasteiger charge is 2.12. The summed E-state index contributed by atoms with van der Waals surface area (Å²) in [4.78, 5) is 2.41. The molecule has 292 valence electrons. The van der Waals surface area contributed by atoms with Crippen LogP contribution in [-0.2, 0) is 16.0 Å². The van der Waals surface area contributed by atoms with Crippen LogP contribution in [0.25, 0.3) is 0 Å². The summed E-state index contributed by atoms with van der Waals surface area (Å²) >= 11 is 0. The fourth-order valence-corrected chi connectivity index (χ4v) is 6.30. The SMILES string of the molecule is CCCCC/C=C\C/C=C\CCCCCCCCOCC(CCN(C)Cc1ccccc1)OCCCCCCCC/C=C\C/C=C\CCCCC. The second kappa shape index (κ2) is 39.3. The van der Waals surface area contributed by atoms with E-state index in [2.05, 4.69) is 105 Å². The van der Waals surface area contributed by atoms with Crippen LogP contribution in [0.4, 0.5) is 0 Å². The molecule has 0 radical (unpaired) electrons. The lowest BCUT2D eigenvalue weighted by Gasteiger charge is -2.22. The van der Waals surface area contributed by atoms with E-state index in [-0.39, 0.29) is 6.10 Å². The standard InChI is InChI=1S/C48H83NO2/c1-4-6-8-10-12-14-16-18-20-22-24-26-28-30-32-37-43-50-46-48(41-42-49(3)45-47-39-35-34-36-40-47)51-44-38-33-31-29-27-25-23-21-19-17-15-13-11-9-7-5-2/h12-15,18-21,34-36,39-40,48H,4-11,16-17,22-33,37-38,41-46H2,1-3H3/b14-12-,15-13-,20-18-,21-19-. The van der Waals surface area contributed by atoms with Crippen LogP contribution in [0.15, 0.2) is 78.9 Å². The third-order valence-corrected chi connectivity index (χ3v) is 9.62. The molecule has 0 aliphatic carbocycles. The lowest BCUT2D eigenvalue weighted by atomic mass is 10.1. The van der Waals surface area contributed by atoms with E-state index in [0.717, 1.165) is 65.0 Å². The molecule has 0 aromatic heterocycles. The lowest BCUT2D eigenvalue weighted by Crippen LogP contribution is -2.28. The molecule has 0 amide bonds. The van der Waals surface area contributed by atoms with E-state index in [9.17, 15) is 0 Å². The van der Waals surface area contributed by atoms with Gasteiger partial charge in [-0.3, -0.25) is 0 Å². The molecule has 0 aliphatic rings. The normalized spacial score (nSPS) is 12.9. The number of rotatable bonds is 38. The molecule has 0 heterocycles. The average Bonchev–Trinajstić information content (AvgIpc) is 3.14. The Kier molecular flexibility index (Phi) is 36.3. The Morgan fingerprint density at radius 3 is 1.49 bits per heavy atom. The highest BCUT2D eigenvalue weighted by Crippen LogP contribution is 2.12. The summed E-state index contributed by atoms with van der Waals surface area (Å²) in [5, 5.41) is 0. The number of nitrogens with zero attached hydrogens (tertiary/aromatic N) is 1. The molecule has 0 spiro atoms. The molecular formula is C48H83NO2. The zero-order chi connectivity index (χ0) is 36.6. The summed E-state index contributed by atoms with van der Waals surface area (Å²) in [6.45, 7) is 8.98. The Balaban J connectivity index is 2.14. The van der Waals surface area contributed by atoms with Crippen molar-refractivity contribution in [1.29, 1.82) is 0 Å². The Labute approximate surface area is 318 Å². The van der Waals surface area contributed by atoms with Gasteiger partial charge in [0, 0.05) is 26.3 Å². The van der Waals surface area contributed by atoms with Crippen molar-refractivity contribution in [3.63, 3.8) is 0 Å². The van der Waals surface area contributed by atoms with Crippen LogP contribution < -0.4 is 0 Å². The van der Waals surface area contributed by atoms with E-state index >= 15 is 0 Å². The minimum absolute atomic E-state index is 0.186. The molecule has 1 atom stereocenters. The van der Waals surface area contributed by atoms with Crippen LogP contribution in [-0.4, -0.2) is 44.4 Å². The minimum Gasteiger partial charge on any atom is -0.379 e. The molecule has 0 saturated heterocycles. The number of hydrogen-bond acceptors (Lipinski definition) is 3. The van der Waals surface area contributed by atoms with Crippen molar-refractivity contribution in [2.75, 3.05) is 33.4 Å². The molecule has 3 heteroatoms. The monoisotopic (exact) mass is 706 g/mol. The number of allylic oxidation sites excluding steroid dienone is 8. The predicted octanol–water partition coefficient (Wildman–Crippen LogP) is 14.5. The van der Waals surface area contributed by atoms with Gasteiger partial charge >= 0.3 is 0 Å². The van der Waals surface area contributed by atoms with Gasteiger partial charge in [0.15, 0.2) is 0 Å². The smallest absolute Gasteiger partial charge is 0.0820 e. The van der Waals surface area contributed by atoms with Gasteiger partial charge in [0.2, 0.25) is 0 Å². The van der Waals surface area contributed by atoms with Crippen molar-refractivity contribution in [3.05, 3.63) is 84.5 Å². The molecule has 1 aromatic rings. The van der Waals surface area contributed by atoms with Crippen LogP contribution in [0.3, 0.4) is 0 Å². The van der Waals surface area contributed by atoms with Gasteiger partial charge in [0.1, 0.15) is 0 Å². The van der Waals surface area contributed by atoms with E-state index < -0.39 is 0 Å². The van der Waals surface area contributed by atoms with Crippen LogP contribution in [0.5, 0.6) is 0 Å². The summed E-state index contributed by atoms with van der Waals surface area (Å²) in [7, 11) is 2.22. The first-order valence-corrected chi connectivity index (χ1v) is 21.8. The Morgan fingerprint density at radius 1 is 0.529 bits per heavy atom. The topological polar surface area (TPSA) is 21.7 Å². The van der Waals surface area contributed by atoms with Gasteiger partial charge in [-0.25, -0.2) is 0 Å². The van der Waals surface area contributed by atoms with E-state index in [1.165, 1.54) is 134 Å². The Bertz CT molecular complexity index is 936.